The number of nitrogens with one attached hydrogen (secondary N) is 1. The number of likely N-dealkylation sites (N-methyl/N-ethyl adjacent to an activating group) is 1. The van der Waals surface area contributed by atoms with E-state index in [1.807, 2.05) is 20.8 Å². The van der Waals surface area contributed by atoms with Gasteiger partial charge in [0.05, 0.1) is 0 Å². The highest BCUT2D eigenvalue weighted by Crippen LogP contribution is 2.06. The summed E-state index contributed by atoms with van der Waals surface area (Å²) in [5.41, 5.74) is 0. The van der Waals surface area contributed by atoms with E-state index in [1.165, 1.54) is 0 Å². The van der Waals surface area contributed by atoms with Gasteiger partial charge in [0.2, 0.25) is 11.8 Å². The molecule has 0 aromatic rings. The minimum Gasteiger partial charge on any atom is -0.344 e. The van der Waals surface area contributed by atoms with E-state index in [2.05, 4.69) is 5.32 Å². The SMILES string of the molecule is CCCN(C)C(=O)C(NC(=O)CCC=O)C(C)C. The molecule has 0 aliphatic heterocycles. The predicted octanol–water partition coefficient (Wildman–Crippen LogP) is 0.975. The fraction of sp³-hybridized carbons (Fsp3) is 0.769. The van der Waals surface area contributed by atoms with Crippen LogP contribution in [0.1, 0.15) is 40.0 Å². The molecule has 1 unspecified atom stereocenters. The van der Waals surface area contributed by atoms with Gasteiger partial charge in [-0.1, -0.05) is 20.8 Å². The van der Waals surface area contributed by atoms with E-state index < -0.39 is 6.04 Å². The Morgan fingerprint density at radius 1 is 1.33 bits per heavy atom. The first kappa shape index (κ1) is 16.6. The fourth-order valence-electron chi connectivity index (χ4n) is 1.63. The largest absolute Gasteiger partial charge is 0.344 e. The van der Waals surface area contributed by atoms with E-state index in [1.54, 1.807) is 11.9 Å². The van der Waals surface area contributed by atoms with Gasteiger partial charge in [-0.3, -0.25) is 9.59 Å². The van der Waals surface area contributed by atoms with Crippen molar-refractivity contribution in [3.8, 4) is 0 Å². The van der Waals surface area contributed by atoms with Gasteiger partial charge in [-0.15, -0.1) is 0 Å². The van der Waals surface area contributed by atoms with Gasteiger partial charge < -0.3 is 15.0 Å². The molecule has 104 valence electrons. The summed E-state index contributed by atoms with van der Waals surface area (Å²) in [5, 5.41) is 2.70. The normalized spacial score (nSPS) is 12.1. The summed E-state index contributed by atoms with van der Waals surface area (Å²) < 4.78 is 0. The third-order valence-corrected chi connectivity index (χ3v) is 2.67. The Kier molecular flexibility index (Phi) is 8.00. The van der Waals surface area contributed by atoms with Crippen LogP contribution in [0.5, 0.6) is 0 Å². The number of carbonyl (C=O) groups is 3. The monoisotopic (exact) mass is 256 g/mol. The Hall–Kier alpha value is -1.39. The lowest BCUT2D eigenvalue weighted by atomic mass is 10.0. The number of carbonyl (C=O) groups excluding carboxylic acids is 3. The van der Waals surface area contributed by atoms with Crippen LogP contribution in [-0.4, -0.2) is 42.6 Å². The number of nitrogens with zero attached hydrogens (tertiary/aromatic N) is 1. The van der Waals surface area contributed by atoms with Crippen LogP contribution in [0, 0.1) is 5.92 Å². The lowest BCUT2D eigenvalue weighted by Crippen LogP contribution is -2.50. The second-order valence-electron chi connectivity index (χ2n) is 4.75. The first-order chi connectivity index (χ1) is 8.43. The van der Waals surface area contributed by atoms with Crippen LogP contribution in [0.4, 0.5) is 0 Å². The molecular formula is C13H24N2O3. The third-order valence-electron chi connectivity index (χ3n) is 2.67. The zero-order valence-corrected chi connectivity index (χ0v) is 11.7. The Bertz CT molecular complexity index is 290. The van der Waals surface area contributed by atoms with Crippen molar-refractivity contribution in [3.63, 3.8) is 0 Å². The lowest BCUT2D eigenvalue weighted by Gasteiger charge is -2.26. The van der Waals surface area contributed by atoms with Crippen molar-refractivity contribution >= 4 is 18.1 Å². The molecule has 0 aromatic heterocycles. The molecule has 5 nitrogen and oxygen atoms in total. The van der Waals surface area contributed by atoms with Gasteiger partial charge in [0.1, 0.15) is 12.3 Å². The van der Waals surface area contributed by atoms with Crippen LogP contribution in [0.15, 0.2) is 0 Å². The second-order valence-corrected chi connectivity index (χ2v) is 4.75. The molecule has 0 fully saturated rings. The average Bonchev–Trinajstić information content (AvgIpc) is 2.32. The van der Waals surface area contributed by atoms with Crippen molar-refractivity contribution in [2.24, 2.45) is 5.92 Å². The second kappa shape index (κ2) is 8.66. The van der Waals surface area contributed by atoms with Gasteiger partial charge in [-0.2, -0.15) is 0 Å². The minimum atomic E-state index is -0.513. The topological polar surface area (TPSA) is 66.5 Å². The van der Waals surface area contributed by atoms with Gasteiger partial charge in [-0.25, -0.2) is 0 Å². The van der Waals surface area contributed by atoms with E-state index >= 15 is 0 Å². The highest BCUT2D eigenvalue weighted by atomic mass is 16.2. The smallest absolute Gasteiger partial charge is 0.245 e. The summed E-state index contributed by atoms with van der Waals surface area (Å²) in [6.07, 6.45) is 1.91. The Morgan fingerprint density at radius 2 is 1.94 bits per heavy atom. The van der Waals surface area contributed by atoms with E-state index in [9.17, 15) is 14.4 Å². The van der Waals surface area contributed by atoms with E-state index in [0.29, 0.717) is 12.8 Å². The lowest BCUT2D eigenvalue weighted by molar-refractivity contribution is -0.136. The first-order valence-corrected chi connectivity index (χ1v) is 6.42. The number of rotatable bonds is 8. The maximum atomic E-state index is 12.1. The zero-order valence-electron chi connectivity index (χ0n) is 11.7. The molecule has 2 amide bonds. The molecule has 0 aliphatic rings. The van der Waals surface area contributed by atoms with Gasteiger partial charge in [-0.05, 0) is 12.3 Å². The van der Waals surface area contributed by atoms with E-state index in [0.717, 1.165) is 6.42 Å². The molecule has 0 aliphatic carbocycles. The van der Waals surface area contributed by atoms with Crippen LogP contribution < -0.4 is 5.32 Å². The summed E-state index contributed by atoms with van der Waals surface area (Å²) in [7, 11) is 1.73. The molecule has 0 rings (SSSR count). The van der Waals surface area contributed by atoms with Gasteiger partial charge in [0.15, 0.2) is 0 Å². The summed E-state index contributed by atoms with van der Waals surface area (Å²) in [5.74, 6) is -0.303. The van der Waals surface area contributed by atoms with Crippen molar-refractivity contribution in [1.82, 2.24) is 10.2 Å². The zero-order chi connectivity index (χ0) is 14.1. The van der Waals surface area contributed by atoms with Gasteiger partial charge in [0.25, 0.3) is 0 Å². The molecule has 0 saturated heterocycles. The molecule has 1 N–H and O–H groups in total. The Morgan fingerprint density at radius 3 is 2.39 bits per heavy atom. The number of amides is 2. The quantitative estimate of drug-likeness (QED) is 0.658. The first-order valence-electron chi connectivity index (χ1n) is 6.42. The molecule has 18 heavy (non-hydrogen) atoms. The van der Waals surface area contributed by atoms with E-state index in [-0.39, 0.29) is 30.6 Å². The molecule has 0 radical (unpaired) electrons. The van der Waals surface area contributed by atoms with Crippen molar-refractivity contribution < 1.29 is 14.4 Å². The summed E-state index contributed by atoms with van der Waals surface area (Å²) in [6, 6.07) is -0.513. The maximum absolute atomic E-state index is 12.1. The van der Waals surface area contributed by atoms with Crippen LogP contribution >= 0.6 is 0 Å². The molecule has 0 spiro atoms. The van der Waals surface area contributed by atoms with Crippen LogP contribution in [-0.2, 0) is 14.4 Å². The van der Waals surface area contributed by atoms with Crippen LogP contribution in [0.3, 0.4) is 0 Å². The fourth-order valence-corrected chi connectivity index (χ4v) is 1.63. The highest BCUT2D eigenvalue weighted by Gasteiger charge is 2.26. The van der Waals surface area contributed by atoms with E-state index in [4.69, 9.17) is 0 Å². The number of aldehydes is 1. The molecule has 0 saturated carbocycles. The van der Waals surface area contributed by atoms with Gasteiger partial charge in [0, 0.05) is 26.4 Å². The molecule has 0 heterocycles. The predicted molar refractivity (Wildman–Crippen MR) is 70.0 cm³/mol. The van der Waals surface area contributed by atoms with Crippen molar-refractivity contribution in [2.45, 2.75) is 46.1 Å². The summed E-state index contributed by atoms with van der Waals surface area (Å²) >= 11 is 0. The molecule has 0 bridgehead atoms. The van der Waals surface area contributed by atoms with Crippen LogP contribution in [0.25, 0.3) is 0 Å². The van der Waals surface area contributed by atoms with Crippen molar-refractivity contribution in [1.29, 1.82) is 0 Å². The maximum Gasteiger partial charge on any atom is 0.245 e. The third kappa shape index (κ3) is 5.80. The standard InChI is InChI=1S/C13H24N2O3/c1-5-8-15(4)13(18)12(10(2)3)14-11(17)7-6-9-16/h9-10,12H,5-8H2,1-4H3,(H,14,17). The average molecular weight is 256 g/mol. The highest BCUT2D eigenvalue weighted by molar-refractivity contribution is 5.88. The number of hydrogen-bond donors (Lipinski definition) is 1. The van der Waals surface area contributed by atoms with Crippen molar-refractivity contribution in [3.05, 3.63) is 0 Å². The number of hydrogen-bond acceptors (Lipinski definition) is 3. The van der Waals surface area contributed by atoms with Gasteiger partial charge >= 0.3 is 0 Å². The molecule has 1 atom stereocenters. The molecule has 5 heteroatoms. The molecule has 0 aromatic carbocycles. The summed E-state index contributed by atoms with van der Waals surface area (Å²) in [6.45, 7) is 6.45. The Balaban J connectivity index is 4.51. The van der Waals surface area contributed by atoms with Crippen LogP contribution in [0.2, 0.25) is 0 Å². The minimum absolute atomic E-state index is 0.0250. The summed E-state index contributed by atoms with van der Waals surface area (Å²) in [4.78, 5) is 35.5. The molecular weight excluding hydrogens is 232 g/mol. The van der Waals surface area contributed by atoms with Crippen molar-refractivity contribution in [2.75, 3.05) is 13.6 Å². The Labute approximate surface area is 109 Å².